The molecule has 4 nitrogen and oxygen atoms in total. The first-order valence-corrected chi connectivity index (χ1v) is 7.80. The predicted molar refractivity (Wildman–Crippen MR) is 80.7 cm³/mol. The number of carbonyl (C=O) groups is 1. The maximum absolute atomic E-state index is 11.0. The molecule has 0 radical (unpaired) electrons. The molecule has 0 spiro atoms. The maximum atomic E-state index is 11.0. The monoisotopic (exact) mass is 289 g/mol. The molecule has 1 aliphatic heterocycles. The molecule has 1 unspecified atom stereocenters. The van der Waals surface area contributed by atoms with Crippen LogP contribution >= 0.6 is 0 Å². The van der Waals surface area contributed by atoms with Crippen LogP contribution in [0.4, 0.5) is 0 Å². The first-order valence-electron chi connectivity index (χ1n) is 7.80. The van der Waals surface area contributed by atoms with Gasteiger partial charge in [0.05, 0.1) is 13.0 Å². The highest BCUT2D eigenvalue weighted by atomic mass is 16.5. The van der Waals surface area contributed by atoms with Gasteiger partial charge in [-0.2, -0.15) is 0 Å². The Bertz CT molecular complexity index is 521. The molecular weight excluding hydrogens is 266 g/mol. The molecule has 0 amide bonds. The number of carboxylic acids is 1. The number of nitrogens with zero attached hydrogens (tertiary/aromatic N) is 1. The number of hydrogen-bond acceptors (Lipinski definition) is 3. The number of ether oxygens (including phenoxy) is 1. The van der Waals surface area contributed by atoms with Crippen molar-refractivity contribution < 1.29 is 14.6 Å². The highest BCUT2D eigenvalue weighted by molar-refractivity contribution is 5.70. The summed E-state index contributed by atoms with van der Waals surface area (Å²) in [5, 5.41) is 9.09. The lowest BCUT2D eigenvalue weighted by Gasteiger charge is -2.39. The van der Waals surface area contributed by atoms with Crippen LogP contribution in [-0.2, 0) is 17.6 Å². The van der Waals surface area contributed by atoms with Gasteiger partial charge < -0.3 is 9.84 Å². The number of aliphatic carboxylic acids is 1. The van der Waals surface area contributed by atoms with E-state index in [2.05, 4.69) is 17.0 Å². The average Bonchev–Trinajstić information content (AvgIpc) is 2.53. The molecule has 114 valence electrons. The van der Waals surface area contributed by atoms with Crippen LogP contribution in [0.1, 0.15) is 30.4 Å². The molecule has 4 heteroatoms. The summed E-state index contributed by atoms with van der Waals surface area (Å²) in [6, 6.07) is 6.93. The van der Waals surface area contributed by atoms with Crippen LogP contribution < -0.4 is 4.74 Å². The van der Waals surface area contributed by atoms with E-state index in [1.165, 1.54) is 17.5 Å². The van der Waals surface area contributed by atoms with Gasteiger partial charge >= 0.3 is 5.97 Å². The van der Waals surface area contributed by atoms with E-state index in [9.17, 15) is 4.79 Å². The van der Waals surface area contributed by atoms with E-state index in [-0.39, 0.29) is 5.92 Å². The van der Waals surface area contributed by atoms with Crippen molar-refractivity contribution in [3.63, 3.8) is 0 Å². The summed E-state index contributed by atoms with van der Waals surface area (Å²) >= 11 is 0. The zero-order valence-corrected chi connectivity index (χ0v) is 12.5. The van der Waals surface area contributed by atoms with Crippen molar-refractivity contribution in [2.45, 2.75) is 38.1 Å². The first kappa shape index (κ1) is 14.4. The third-order valence-corrected chi connectivity index (χ3v) is 5.01. The molecule has 1 atom stereocenters. The number of methoxy groups -OCH3 is 1. The van der Waals surface area contributed by atoms with Crippen molar-refractivity contribution >= 4 is 5.97 Å². The lowest BCUT2D eigenvalue weighted by Crippen LogP contribution is -2.45. The fourth-order valence-corrected chi connectivity index (χ4v) is 3.66. The quantitative estimate of drug-likeness (QED) is 0.928. The van der Waals surface area contributed by atoms with E-state index < -0.39 is 5.97 Å². The van der Waals surface area contributed by atoms with Crippen LogP contribution in [0.15, 0.2) is 18.2 Å². The summed E-state index contributed by atoms with van der Waals surface area (Å²) in [4.78, 5) is 13.5. The Morgan fingerprint density at radius 2 is 2.00 bits per heavy atom. The Kier molecular flexibility index (Phi) is 4.15. The molecule has 0 aromatic heterocycles. The number of fused-ring (bicyclic) bond motifs is 1. The highest BCUT2D eigenvalue weighted by Crippen LogP contribution is 2.30. The van der Waals surface area contributed by atoms with Crippen molar-refractivity contribution in [1.82, 2.24) is 4.90 Å². The number of piperidine rings is 1. The highest BCUT2D eigenvalue weighted by Gasteiger charge is 2.30. The largest absolute Gasteiger partial charge is 0.497 e. The first-order chi connectivity index (χ1) is 10.2. The van der Waals surface area contributed by atoms with Crippen LogP contribution in [0.2, 0.25) is 0 Å². The van der Waals surface area contributed by atoms with E-state index in [1.807, 2.05) is 6.07 Å². The zero-order valence-electron chi connectivity index (χ0n) is 12.5. The van der Waals surface area contributed by atoms with Gasteiger partial charge in [-0.05, 0) is 68.5 Å². The number of carboxylic acid groups (broad SMARTS) is 1. The third-order valence-electron chi connectivity index (χ3n) is 5.01. The van der Waals surface area contributed by atoms with Gasteiger partial charge in [-0.1, -0.05) is 6.07 Å². The number of benzene rings is 1. The van der Waals surface area contributed by atoms with Gasteiger partial charge in [0.15, 0.2) is 0 Å². The number of likely N-dealkylation sites (tertiary alicyclic amines) is 1. The van der Waals surface area contributed by atoms with Crippen LogP contribution in [-0.4, -0.2) is 42.2 Å². The van der Waals surface area contributed by atoms with Crippen molar-refractivity contribution in [2.75, 3.05) is 20.2 Å². The molecule has 1 fully saturated rings. The second-order valence-electron chi connectivity index (χ2n) is 6.18. The second kappa shape index (κ2) is 6.06. The van der Waals surface area contributed by atoms with Gasteiger partial charge in [-0.3, -0.25) is 9.69 Å². The molecule has 1 aromatic rings. The molecule has 1 heterocycles. The summed E-state index contributed by atoms with van der Waals surface area (Å²) in [6.07, 6.45) is 4.93. The average molecular weight is 289 g/mol. The van der Waals surface area contributed by atoms with E-state index in [0.717, 1.165) is 44.5 Å². The number of rotatable bonds is 3. The standard InChI is InChI=1S/C17H23NO3/c1-21-16-5-3-12-2-4-15(10-14(12)11-16)18-8-6-13(7-9-18)17(19)20/h3,5,11,13,15H,2,4,6-10H2,1H3,(H,19,20). The van der Waals surface area contributed by atoms with Gasteiger partial charge in [0.25, 0.3) is 0 Å². The molecule has 1 saturated heterocycles. The Morgan fingerprint density at radius 1 is 1.24 bits per heavy atom. The molecular formula is C17H23NO3. The minimum absolute atomic E-state index is 0.141. The van der Waals surface area contributed by atoms with Gasteiger partial charge in [0, 0.05) is 6.04 Å². The molecule has 1 aromatic carbocycles. The molecule has 21 heavy (non-hydrogen) atoms. The fourth-order valence-electron chi connectivity index (χ4n) is 3.66. The van der Waals surface area contributed by atoms with Gasteiger partial charge in [0.2, 0.25) is 0 Å². The Labute approximate surface area is 125 Å². The SMILES string of the molecule is COc1ccc2c(c1)CC(N1CCC(C(=O)O)CC1)CC2. The minimum Gasteiger partial charge on any atom is -0.497 e. The van der Waals surface area contributed by atoms with E-state index in [0.29, 0.717) is 6.04 Å². The number of aryl methyl sites for hydroxylation is 1. The third kappa shape index (κ3) is 3.05. The molecule has 3 rings (SSSR count). The topological polar surface area (TPSA) is 49.8 Å². The minimum atomic E-state index is -0.631. The van der Waals surface area contributed by atoms with E-state index in [1.54, 1.807) is 7.11 Å². The smallest absolute Gasteiger partial charge is 0.306 e. The van der Waals surface area contributed by atoms with Crippen LogP contribution in [0.3, 0.4) is 0 Å². The molecule has 1 aliphatic carbocycles. The molecule has 0 saturated carbocycles. The summed E-state index contributed by atoms with van der Waals surface area (Å²) in [5.74, 6) is 0.157. The lowest BCUT2D eigenvalue weighted by atomic mass is 9.85. The predicted octanol–water partition coefficient (Wildman–Crippen LogP) is 2.35. The normalized spacial score (nSPS) is 23.6. The van der Waals surface area contributed by atoms with Crippen molar-refractivity contribution in [3.8, 4) is 5.75 Å². The van der Waals surface area contributed by atoms with E-state index >= 15 is 0 Å². The van der Waals surface area contributed by atoms with Crippen molar-refractivity contribution in [3.05, 3.63) is 29.3 Å². The summed E-state index contributed by atoms with van der Waals surface area (Å²) in [5.41, 5.74) is 2.83. The van der Waals surface area contributed by atoms with Crippen LogP contribution in [0, 0.1) is 5.92 Å². The summed E-state index contributed by atoms with van der Waals surface area (Å²) in [6.45, 7) is 1.84. The zero-order chi connectivity index (χ0) is 14.8. The molecule has 1 N–H and O–H groups in total. The van der Waals surface area contributed by atoms with Crippen LogP contribution in [0.5, 0.6) is 5.75 Å². The Hall–Kier alpha value is -1.55. The lowest BCUT2D eigenvalue weighted by molar-refractivity contribution is -0.143. The van der Waals surface area contributed by atoms with Crippen molar-refractivity contribution in [1.29, 1.82) is 0 Å². The number of hydrogen-bond donors (Lipinski definition) is 1. The van der Waals surface area contributed by atoms with E-state index in [4.69, 9.17) is 9.84 Å². The Morgan fingerprint density at radius 3 is 2.67 bits per heavy atom. The summed E-state index contributed by atoms with van der Waals surface area (Å²) in [7, 11) is 1.71. The fraction of sp³-hybridized carbons (Fsp3) is 0.588. The maximum Gasteiger partial charge on any atom is 0.306 e. The van der Waals surface area contributed by atoms with Crippen molar-refractivity contribution in [2.24, 2.45) is 5.92 Å². The summed E-state index contributed by atoms with van der Waals surface area (Å²) < 4.78 is 5.32. The Balaban J connectivity index is 1.65. The second-order valence-corrected chi connectivity index (χ2v) is 6.18. The molecule has 0 bridgehead atoms. The van der Waals surface area contributed by atoms with Gasteiger partial charge in [0.1, 0.15) is 5.75 Å². The van der Waals surface area contributed by atoms with Gasteiger partial charge in [-0.25, -0.2) is 0 Å². The van der Waals surface area contributed by atoms with Crippen LogP contribution in [0.25, 0.3) is 0 Å². The van der Waals surface area contributed by atoms with Gasteiger partial charge in [-0.15, -0.1) is 0 Å². The molecule has 2 aliphatic rings.